The van der Waals surface area contributed by atoms with Crippen molar-refractivity contribution >= 4 is 27.3 Å². The Balaban J connectivity index is 0.000000845. The third-order valence-corrected chi connectivity index (χ3v) is 2.97. The number of thiophene rings is 1. The molecule has 0 spiro atoms. The zero-order chi connectivity index (χ0) is 8.39. The van der Waals surface area contributed by atoms with Crippen LogP contribution in [0, 0.1) is 6.07 Å². The smallest absolute Gasteiger partial charge is 0.0124 e. The van der Waals surface area contributed by atoms with E-state index >= 15 is 0 Å². The van der Waals surface area contributed by atoms with Crippen molar-refractivity contribution < 1.29 is 21.1 Å². The molecule has 2 heterocycles. The summed E-state index contributed by atoms with van der Waals surface area (Å²) in [5.74, 6) is 0. The molecule has 0 saturated heterocycles. The Bertz CT molecular complexity index is 374. The van der Waals surface area contributed by atoms with Gasteiger partial charge in [0.1, 0.15) is 0 Å². The van der Waals surface area contributed by atoms with Gasteiger partial charge in [-0.1, -0.05) is 17.0 Å². The Kier molecular flexibility index (Phi) is 4.30. The summed E-state index contributed by atoms with van der Waals surface area (Å²) in [7, 11) is 0. The summed E-state index contributed by atoms with van der Waals surface area (Å²) in [6, 6.07) is 10.9. The maximum atomic E-state index is 4.22. The maximum absolute atomic E-state index is 4.22. The van der Waals surface area contributed by atoms with Gasteiger partial charge in [-0.25, -0.2) is 11.3 Å². The fourth-order valence-electron chi connectivity index (χ4n) is 0.902. The van der Waals surface area contributed by atoms with E-state index in [1.54, 1.807) is 17.5 Å². The number of halogens is 1. The first kappa shape index (κ1) is 11.1. The minimum absolute atomic E-state index is 0. The summed E-state index contributed by atoms with van der Waals surface area (Å²) in [4.78, 5) is 5.29. The topological polar surface area (TPSA) is 12.9 Å². The van der Waals surface area contributed by atoms with Crippen molar-refractivity contribution in [2.75, 3.05) is 0 Å². The third kappa shape index (κ3) is 2.73. The van der Waals surface area contributed by atoms with Crippen molar-refractivity contribution in [2.24, 2.45) is 0 Å². The molecule has 2 rings (SSSR count). The molecule has 0 aliphatic heterocycles. The zero-order valence-electron chi connectivity index (χ0n) is 6.44. The van der Waals surface area contributed by atoms with E-state index in [1.807, 2.05) is 24.3 Å². The minimum Gasteiger partial charge on any atom is -0.319 e. The van der Waals surface area contributed by atoms with E-state index in [0.717, 1.165) is 14.4 Å². The van der Waals surface area contributed by atoms with E-state index in [-0.39, 0.29) is 21.1 Å². The summed E-state index contributed by atoms with van der Waals surface area (Å²) in [6.07, 6.45) is 1.79. The fraction of sp³-hybridized carbons (Fsp3) is 0. The summed E-state index contributed by atoms with van der Waals surface area (Å²) < 4.78 is 1.09. The van der Waals surface area contributed by atoms with Crippen LogP contribution in [0.1, 0.15) is 0 Å². The molecule has 0 aliphatic carbocycles. The van der Waals surface area contributed by atoms with Crippen LogP contribution in [0.4, 0.5) is 0 Å². The summed E-state index contributed by atoms with van der Waals surface area (Å²) in [5, 5.41) is 0. The molecule has 0 bridgehead atoms. The number of hydrogen-bond acceptors (Lipinski definition) is 2. The Labute approximate surface area is 104 Å². The zero-order valence-corrected chi connectivity index (χ0v) is 11.1. The molecule has 0 fully saturated rings. The number of rotatable bonds is 1. The first-order valence-corrected chi connectivity index (χ1v) is 5.05. The van der Waals surface area contributed by atoms with Gasteiger partial charge in [-0.3, -0.25) is 0 Å². The van der Waals surface area contributed by atoms with Crippen LogP contribution in [-0.4, -0.2) is 4.98 Å². The van der Waals surface area contributed by atoms with Crippen molar-refractivity contribution in [2.45, 2.75) is 0 Å². The van der Waals surface area contributed by atoms with Gasteiger partial charge in [-0.15, -0.1) is 15.9 Å². The predicted octanol–water partition coefficient (Wildman–Crippen LogP) is 3.37. The second kappa shape index (κ2) is 5.04. The summed E-state index contributed by atoms with van der Waals surface area (Å²) in [6.45, 7) is 0. The van der Waals surface area contributed by atoms with Gasteiger partial charge in [-0.2, -0.15) is 12.1 Å². The van der Waals surface area contributed by atoms with E-state index in [0.29, 0.717) is 0 Å². The van der Waals surface area contributed by atoms with Crippen LogP contribution in [0.15, 0.2) is 34.2 Å². The molecule has 0 radical (unpaired) electrons. The van der Waals surface area contributed by atoms with Crippen molar-refractivity contribution in [3.63, 3.8) is 0 Å². The van der Waals surface area contributed by atoms with Crippen molar-refractivity contribution in [1.29, 1.82) is 0 Å². The Morgan fingerprint density at radius 2 is 2.23 bits per heavy atom. The monoisotopic (exact) mass is 433 g/mol. The van der Waals surface area contributed by atoms with Crippen LogP contribution in [0.25, 0.3) is 10.6 Å². The number of pyridine rings is 1. The average molecular weight is 434 g/mol. The van der Waals surface area contributed by atoms with Gasteiger partial charge < -0.3 is 4.98 Å². The van der Waals surface area contributed by atoms with Crippen molar-refractivity contribution in [1.82, 2.24) is 4.98 Å². The van der Waals surface area contributed by atoms with Crippen molar-refractivity contribution in [3.05, 3.63) is 40.3 Å². The first-order valence-electron chi connectivity index (χ1n) is 3.45. The number of hydrogen-bond donors (Lipinski definition) is 0. The van der Waals surface area contributed by atoms with E-state index < -0.39 is 0 Å². The van der Waals surface area contributed by atoms with Gasteiger partial charge in [0.15, 0.2) is 0 Å². The van der Waals surface area contributed by atoms with E-state index in [4.69, 9.17) is 0 Å². The number of aromatic nitrogens is 1. The molecule has 2 aromatic rings. The molecule has 0 N–H and O–H groups in total. The molecule has 0 atom stereocenters. The summed E-state index contributed by atoms with van der Waals surface area (Å²) in [5.41, 5.74) is 0.980. The van der Waals surface area contributed by atoms with Crippen LogP contribution in [0.3, 0.4) is 0 Å². The Morgan fingerprint density at radius 3 is 2.77 bits per heavy atom. The molecule has 2 aromatic heterocycles. The van der Waals surface area contributed by atoms with Crippen LogP contribution in [-0.2, 0) is 21.1 Å². The molecular weight excluding hydrogens is 429 g/mol. The molecule has 0 unspecified atom stereocenters. The van der Waals surface area contributed by atoms with Gasteiger partial charge >= 0.3 is 0 Å². The Hall–Kier alpha value is 0.0183. The second-order valence-electron chi connectivity index (χ2n) is 2.24. The summed E-state index contributed by atoms with van der Waals surface area (Å²) >= 11 is 5.03. The maximum Gasteiger partial charge on any atom is 0.0124 e. The number of nitrogens with zero attached hydrogens (tertiary/aromatic N) is 1. The van der Waals surface area contributed by atoms with E-state index in [1.165, 1.54) is 0 Å². The van der Waals surface area contributed by atoms with E-state index in [2.05, 4.69) is 27.0 Å². The average Bonchev–Trinajstić information content (AvgIpc) is 2.54. The Morgan fingerprint density at radius 1 is 1.38 bits per heavy atom. The van der Waals surface area contributed by atoms with Gasteiger partial charge in [-0.05, 0) is 15.5 Å². The van der Waals surface area contributed by atoms with Gasteiger partial charge in [0.25, 0.3) is 0 Å². The minimum atomic E-state index is 0. The molecule has 1 nitrogen and oxygen atoms in total. The first-order chi connectivity index (χ1) is 5.86. The predicted molar refractivity (Wildman–Crippen MR) is 54.1 cm³/mol. The third-order valence-electron chi connectivity index (χ3n) is 1.41. The molecule has 4 heteroatoms. The quantitative estimate of drug-likeness (QED) is 0.628. The van der Waals surface area contributed by atoms with Crippen LogP contribution < -0.4 is 0 Å². The van der Waals surface area contributed by atoms with Crippen molar-refractivity contribution in [3.8, 4) is 10.6 Å². The van der Waals surface area contributed by atoms with Crippen LogP contribution in [0.2, 0.25) is 0 Å². The normalized spacial score (nSPS) is 9.31. The van der Waals surface area contributed by atoms with Gasteiger partial charge in [0.05, 0.1) is 0 Å². The van der Waals surface area contributed by atoms with Gasteiger partial charge in [0.2, 0.25) is 0 Å². The SMILES string of the molecule is Brc1c[c-]c(-c2ccccn2)s1.[Pt]. The molecule has 70 valence electrons. The molecule has 0 aromatic carbocycles. The fourth-order valence-corrected chi connectivity index (χ4v) is 2.16. The molecule has 0 amide bonds. The molecule has 0 aliphatic rings. The molecular formula is C9H5BrNPtS-. The molecule has 13 heavy (non-hydrogen) atoms. The standard InChI is InChI=1S/C9H5BrNS.Pt/c10-9-5-4-8(12-9)7-3-1-2-6-11-7;/h1-3,5-6H;/q-1;. The second-order valence-corrected chi connectivity index (χ2v) is 4.67. The van der Waals surface area contributed by atoms with Crippen LogP contribution in [0.5, 0.6) is 0 Å². The van der Waals surface area contributed by atoms with E-state index in [9.17, 15) is 0 Å². The van der Waals surface area contributed by atoms with Crippen LogP contribution >= 0.6 is 27.3 Å². The largest absolute Gasteiger partial charge is 0.319 e. The molecule has 0 saturated carbocycles. The van der Waals surface area contributed by atoms with Gasteiger partial charge in [0, 0.05) is 27.3 Å².